The zero-order valence-electron chi connectivity index (χ0n) is 12.5. The molecule has 5 heteroatoms. The van der Waals surface area contributed by atoms with E-state index >= 15 is 0 Å². The largest absolute Gasteiger partial charge is 0.481 e. The lowest BCUT2D eigenvalue weighted by Crippen LogP contribution is -2.39. The van der Waals surface area contributed by atoms with Crippen LogP contribution < -0.4 is 0 Å². The summed E-state index contributed by atoms with van der Waals surface area (Å²) in [6.07, 6.45) is 7.81. The van der Waals surface area contributed by atoms with Crippen LogP contribution in [0.5, 0.6) is 0 Å². The zero-order chi connectivity index (χ0) is 14.6. The molecule has 0 saturated heterocycles. The zero-order valence-corrected chi connectivity index (χ0v) is 12.5. The molecule has 2 unspecified atom stereocenters. The maximum Gasteiger partial charge on any atom is 0.310 e. The minimum atomic E-state index is -0.665. The molecule has 0 radical (unpaired) electrons. The van der Waals surface area contributed by atoms with E-state index in [9.17, 15) is 9.90 Å². The minimum Gasteiger partial charge on any atom is -0.481 e. The van der Waals surface area contributed by atoms with Crippen molar-refractivity contribution in [2.24, 2.45) is 11.3 Å². The van der Waals surface area contributed by atoms with Gasteiger partial charge in [0.1, 0.15) is 12.2 Å². The summed E-state index contributed by atoms with van der Waals surface area (Å²) in [6, 6.07) is 0. The van der Waals surface area contributed by atoms with Gasteiger partial charge in [0.25, 0.3) is 0 Å². The molecule has 1 aromatic rings. The number of hydrogen-bond acceptors (Lipinski definition) is 3. The van der Waals surface area contributed by atoms with Crippen LogP contribution in [0.3, 0.4) is 0 Å². The Morgan fingerprint density at radius 2 is 2.35 bits per heavy atom. The number of carboxylic acid groups (broad SMARTS) is 1. The van der Waals surface area contributed by atoms with E-state index in [1.54, 1.807) is 6.33 Å². The second-order valence-corrected chi connectivity index (χ2v) is 6.03. The van der Waals surface area contributed by atoms with Crippen LogP contribution in [0, 0.1) is 11.3 Å². The number of rotatable bonds is 6. The third-order valence-electron chi connectivity index (χ3n) is 4.61. The van der Waals surface area contributed by atoms with Crippen LogP contribution in [-0.2, 0) is 17.8 Å². The fraction of sp³-hybridized carbons (Fsp3) is 0.800. The van der Waals surface area contributed by atoms with E-state index in [1.807, 2.05) is 4.68 Å². The van der Waals surface area contributed by atoms with Gasteiger partial charge in [-0.2, -0.15) is 5.10 Å². The van der Waals surface area contributed by atoms with Gasteiger partial charge in [0.15, 0.2) is 0 Å². The molecular formula is C15H25N3O2. The lowest BCUT2D eigenvalue weighted by molar-refractivity contribution is -0.152. The maximum atomic E-state index is 11.9. The second kappa shape index (κ2) is 6.37. The molecule has 112 valence electrons. The van der Waals surface area contributed by atoms with Crippen LogP contribution in [0.15, 0.2) is 6.33 Å². The first-order chi connectivity index (χ1) is 9.61. The number of nitrogens with zero attached hydrogens (tertiary/aromatic N) is 3. The van der Waals surface area contributed by atoms with Crippen molar-refractivity contribution < 1.29 is 9.90 Å². The van der Waals surface area contributed by atoms with Crippen LogP contribution in [-0.4, -0.2) is 25.8 Å². The standard InChI is InChI=1S/C15H25N3O2/c1-3-8-18-13(16-11-17-18)10-15(14(19)20)7-5-6-12(4-2)9-15/h11-12H,3-10H2,1-2H3,(H,19,20). The molecule has 1 N–H and O–H groups in total. The lowest BCUT2D eigenvalue weighted by atomic mass is 9.67. The number of aromatic nitrogens is 3. The van der Waals surface area contributed by atoms with Crippen molar-refractivity contribution in [2.75, 3.05) is 0 Å². The summed E-state index contributed by atoms with van der Waals surface area (Å²) in [5.41, 5.74) is -0.641. The van der Waals surface area contributed by atoms with E-state index in [1.165, 1.54) is 0 Å². The SMILES string of the molecule is CCCn1ncnc1CC1(C(=O)O)CCCC(CC)C1. The van der Waals surface area contributed by atoms with Gasteiger partial charge >= 0.3 is 5.97 Å². The van der Waals surface area contributed by atoms with E-state index in [0.29, 0.717) is 12.3 Å². The molecule has 1 aliphatic carbocycles. The molecule has 0 aromatic carbocycles. The van der Waals surface area contributed by atoms with Gasteiger partial charge in [0.2, 0.25) is 0 Å². The fourth-order valence-electron chi connectivity index (χ4n) is 3.39. The highest BCUT2D eigenvalue weighted by Gasteiger charge is 2.43. The smallest absolute Gasteiger partial charge is 0.310 e. The van der Waals surface area contributed by atoms with Crippen LogP contribution in [0.1, 0.15) is 58.2 Å². The van der Waals surface area contributed by atoms with Crippen molar-refractivity contribution in [3.8, 4) is 0 Å². The molecule has 1 fully saturated rings. The first kappa shape index (κ1) is 15.0. The van der Waals surface area contributed by atoms with Gasteiger partial charge in [0, 0.05) is 13.0 Å². The number of carboxylic acids is 1. The molecule has 5 nitrogen and oxygen atoms in total. The van der Waals surface area contributed by atoms with Crippen LogP contribution >= 0.6 is 0 Å². The fourth-order valence-corrected chi connectivity index (χ4v) is 3.39. The molecule has 0 amide bonds. The van der Waals surface area contributed by atoms with Crippen molar-refractivity contribution in [3.05, 3.63) is 12.2 Å². The highest BCUT2D eigenvalue weighted by molar-refractivity contribution is 5.75. The highest BCUT2D eigenvalue weighted by Crippen LogP contribution is 2.43. The molecule has 1 aliphatic rings. The number of aliphatic carboxylic acids is 1. The van der Waals surface area contributed by atoms with Crippen molar-refractivity contribution in [3.63, 3.8) is 0 Å². The predicted molar refractivity (Wildman–Crippen MR) is 76.3 cm³/mol. The molecule has 20 heavy (non-hydrogen) atoms. The number of aryl methyl sites for hydroxylation is 1. The number of hydrogen-bond donors (Lipinski definition) is 1. The van der Waals surface area contributed by atoms with Gasteiger partial charge in [-0.3, -0.25) is 9.48 Å². The van der Waals surface area contributed by atoms with Crippen molar-refractivity contribution in [1.82, 2.24) is 14.8 Å². The van der Waals surface area contributed by atoms with Gasteiger partial charge in [-0.15, -0.1) is 0 Å². The number of carbonyl (C=O) groups is 1. The molecule has 2 atom stereocenters. The van der Waals surface area contributed by atoms with Crippen LogP contribution in [0.25, 0.3) is 0 Å². The van der Waals surface area contributed by atoms with E-state index in [4.69, 9.17) is 0 Å². The van der Waals surface area contributed by atoms with Crippen LogP contribution in [0.2, 0.25) is 0 Å². The summed E-state index contributed by atoms with van der Waals surface area (Å²) in [4.78, 5) is 16.2. The Morgan fingerprint density at radius 1 is 1.55 bits per heavy atom. The minimum absolute atomic E-state index is 0.513. The first-order valence-corrected chi connectivity index (χ1v) is 7.71. The Balaban J connectivity index is 2.20. The van der Waals surface area contributed by atoms with Gasteiger partial charge in [-0.05, 0) is 25.2 Å². The van der Waals surface area contributed by atoms with Crippen molar-refractivity contribution in [1.29, 1.82) is 0 Å². The molecular weight excluding hydrogens is 254 g/mol. The molecule has 1 heterocycles. The topological polar surface area (TPSA) is 68.0 Å². The maximum absolute atomic E-state index is 11.9. The summed E-state index contributed by atoms with van der Waals surface area (Å²) in [6.45, 7) is 5.05. The van der Waals surface area contributed by atoms with E-state index in [-0.39, 0.29) is 0 Å². The molecule has 1 aromatic heterocycles. The summed E-state index contributed by atoms with van der Waals surface area (Å²) < 4.78 is 1.86. The quantitative estimate of drug-likeness (QED) is 0.869. The van der Waals surface area contributed by atoms with Crippen molar-refractivity contribution in [2.45, 2.75) is 65.3 Å². The normalized spacial score (nSPS) is 26.6. The lowest BCUT2D eigenvalue weighted by Gasteiger charge is -2.37. The predicted octanol–water partition coefficient (Wildman–Crippen LogP) is 2.90. The first-order valence-electron chi connectivity index (χ1n) is 7.71. The Morgan fingerprint density at radius 3 is 3.00 bits per heavy atom. The van der Waals surface area contributed by atoms with Crippen molar-refractivity contribution >= 4 is 5.97 Å². The Bertz CT molecular complexity index is 458. The molecule has 0 bridgehead atoms. The average molecular weight is 279 g/mol. The summed E-state index contributed by atoms with van der Waals surface area (Å²) >= 11 is 0. The van der Waals surface area contributed by atoms with Gasteiger partial charge < -0.3 is 5.11 Å². The summed E-state index contributed by atoms with van der Waals surface area (Å²) in [5.74, 6) is 0.690. The van der Waals surface area contributed by atoms with E-state index in [0.717, 1.165) is 50.9 Å². The van der Waals surface area contributed by atoms with Gasteiger partial charge in [-0.1, -0.05) is 33.1 Å². The Labute approximate surface area is 120 Å². The monoisotopic (exact) mass is 279 g/mol. The third kappa shape index (κ3) is 3.02. The third-order valence-corrected chi connectivity index (χ3v) is 4.61. The Hall–Kier alpha value is -1.39. The second-order valence-electron chi connectivity index (χ2n) is 6.03. The van der Waals surface area contributed by atoms with Gasteiger partial charge in [-0.25, -0.2) is 4.98 Å². The average Bonchev–Trinajstić information content (AvgIpc) is 2.86. The van der Waals surface area contributed by atoms with E-state index < -0.39 is 11.4 Å². The molecule has 0 spiro atoms. The molecule has 1 saturated carbocycles. The van der Waals surface area contributed by atoms with E-state index in [2.05, 4.69) is 23.9 Å². The summed E-state index contributed by atoms with van der Waals surface area (Å²) in [7, 11) is 0. The Kier molecular flexibility index (Phi) is 4.78. The highest BCUT2D eigenvalue weighted by atomic mass is 16.4. The summed E-state index contributed by atoms with van der Waals surface area (Å²) in [5, 5.41) is 14.0. The van der Waals surface area contributed by atoms with Crippen LogP contribution in [0.4, 0.5) is 0 Å². The molecule has 0 aliphatic heterocycles. The van der Waals surface area contributed by atoms with Gasteiger partial charge in [0.05, 0.1) is 5.41 Å². The molecule has 2 rings (SSSR count).